The lowest BCUT2D eigenvalue weighted by molar-refractivity contribution is -0.131. The van der Waals surface area contributed by atoms with Crippen LogP contribution in [-0.4, -0.2) is 45.6 Å². The Morgan fingerprint density at radius 2 is 1.83 bits per heavy atom. The summed E-state index contributed by atoms with van der Waals surface area (Å²) in [7, 11) is 1.65. The number of amides is 2. The van der Waals surface area contributed by atoms with E-state index in [1.165, 1.54) is 16.7 Å². The summed E-state index contributed by atoms with van der Waals surface area (Å²) < 4.78 is 2.10. The van der Waals surface area contributed by atoms with Gasteiger partial charge in [0.1, 0.15) is 0 Å². The highest BCUT2D eigenvalue weighted by Gasteiger charge is 2.16. The second kappa shape index (κ2) is 9.60. The summed E-state index contributed by atoms with van der Waals surface area (Å²) in [4.78, 5) is 31.0. The van der Waals surface area contributed by atoms with Crippen LogP contribution in [0.5, 0.6) is 0 Å². The third kappa shape index (κ3) is 4.98. The smallest absolute Gasteiger partial charge is 0.243 e. The normalized spacial score (nSPS) is 10.9. The Bertz CT molecular complexity index is 1010. The molecule has 0 bridgehead atoms. The van der Waals surface area contributed by atoms with Crippen molar-refractivity contribution in [3.63, 3.8) is 0 Å². The SMILES string of the molecule is CCc1ccccc1NC(=O)CN(C)C(=O)CSc1nc2ccccc2n1CC. The van der Waals surface area contributed by atoms with Gasteiger partial charge in [-0.25, -0.2) is 4.98 Å². The summed E-state index contributed by atoms with van der Waals surface area (Å²) >= 11 is 1.40. The topological polar surface area (TPSA) is 67.2 Å². The van der Waals surface area contributed by atoms with E-state index in [2.05, 4.69) is 21.8 Å². The fraction of sp³-hybridized carbons (Fsp3) is 0.318. The van der Waals surface area contributed by atoms with Crippen molar-refractivity contribution in [1.82, 2.24) is 14.5 Å². The number of anilines is 1. The standard InChI is InChI=1S/C22H26N4O2S/c1-4-16-10-6-7-11-17(16)23-20(27)14-25(3)21(28)15-29-22-24-18-12-8-9-13-19(18)26(22)5-2/h6-13H,4-5,14-15H2,1-3H3,(H,23,27). The number of aryl methyl sites for hydroxylation is 2. The number of hydrogen-bond acceptors (Lipinski definition) is 4. The summed E-state index contributed by atoms with van der Waals surface area (Å²) in [5.41, 5.74) is 3.86. The third-order valence-electron chi connectivity index (χ3n) is 4.74. The van der Waals surface area contributed by atoms with Crippen LogP contribution < -0.4 is 5.32 Å². The largest absolute Gasteiger partial charge is 0.336 e. The van der Waals surface area contributed by atoms with E-state index in [1.807, 2.05) is 55.5 Å². The van der Waals surface area contributed by atoms with Gasteiger partial charge in [0, 0.05) is 19.3 Å². The van der Waals surface area contributed by atoms with E-state index >= 15 is 0 Å². The number of para-hydroxylation sites is 3. The number of nitrogens with zero attached hydrogens (tertiary/aromatic N) is 3. The van der Waals surface area contributed by atoms with Gasteiger partial charge in [-0.05, 0) is 37.1 Å². The Kier molecular flexibility index (Phi) is 6.93. The van der Waals surface area contributed by atoms with E-state index in [4.69, 9.17) is 0 Å². The molecule has 0 aliphatic heterocycles. The van der Waals surface area contributed by atoms with E-state index in [9.17, 15) is 9.59 Å². The Morgan fingerprint density at radius 3 is 2.59 bits per heavy atom. The van der Waals surface area contributed by atoms with Crippen molar-refractivity contribution < 1.29 is 9.59 Å². The number of thioether (sulfide) groups is 1. The highest BCUT2D eigenvalue weighted by Crippen LogP contribution is 2.24. The number of likely N-dealkylation sites (N-methyl/N-ethyl adjacent to an activating group) is 1. The molecule has 2 amide bonds. The molecule has 0 fully saturated rings. The molecule has 0 saturated heterocycles. The maximum absolute atomic E-state index is 12.5. The van der Waals surface area contributed by atoms with Crippen molar-refractivity contribution in [3.05, 3.63) is 54.1 Å². The van der Waals surface area contributed by atoms with Crippen LogP contribution in [-0.2, 0) is 22.6 Å². The molecule has 2 aromatic carbocycles. The first kappa shape index (κ1) is 20.9. The molecule has 1 heterocycles. The number of carbonyl (C=O) groups excluding carboxylic acids is 2. The van der Waals surface area contributed by atoms with Crippen molar-refractivity contribution in [2.45, 2.75) is 32.0 Å². The molecule has 29 heavy (non-hydrogen) atoms. The Labute approximate surface area is 175 Å². The van der Waals surface area contributed by atoms with Crippen LogP contribution in [0.1, 0.15) is 19.4 Å². The average Bonchev–Trinajstić information content (AvgIpc) is 3.09. The summed E-state index contributed by atoms with van der Waals surface area (Å²) in [5.74, 6) is -0.0743. The van der Waals surface area contributed by atoms with E-state index in [0.717, 1.165) is 40.4 Å². The van der Waals surface area contributed by atoms with Crippen LogP contribution >= 0.6 is 11.8 Å². The van der Waals surface area contributed by atoms with Gasteiger partial charge >= 0.3 is 0 Å². The molecule has 7 heteroatoms. The lowest BCUT2D eigenvalue weighted by Gasteiger charge is -2.17. The molecule has 3 rings (SSSR count). The van der Waals surface area contributed by atoms with Gasteiger partial charge in [-0.2, -0.15) is 0 Å². The molecule has 0 atom stereocenters. The molecular formula is C22H26N4O2S. The van der Waals surface area contributed by atoms with Gasteiger partial charge in [-0.15, -0.1) is 0 Å². The minimum absolute atomic E-state index is 0.0155. The Hall–Kier alpha value is -2.80. The lowest BCUT2D eigenvalue weighted by atomic mass is 10.1. The number of carbonyl (C=O) groups is 2. The van der Waals surface area contributed by atoms with Crippen LogP contribution in [0.4, 0.5) is 5.69 Å². The summed E-state index contributed by atoms with van der Waals surface area (Å²) in [6, 6.07) is 15.6. The molecule has 6 nitrogen and oxygen atoms in total. The quantitative estimate of drug-likeness (QED) is 0.574. The van der Waals surface area contributed by atoms with Crippen LogP contribution in [0.15, 0.2) is 53.7 Å². The van der Waals surface area contributed by atoms with Crippen LogP contribution in [0, 0.1) is 0 Å². The number of imidazole rings is 1. The fourth-order valence-electron chi connectivity index (χ4n) is 3.15. The molecule has 3 aromatic rings. The van der Waals surface area contributed by atoms with Gasteiger partial charge in [0.15, 0.2) is 5.16 Å². The zero-order valence-electron chi connectivity index (χ0n) is 17.0. The van der Waals surface area contributed by atoms with Crippen molar-refractivity contribution in [2.24, 2.45) is 0 Å². The monoisotopic (exact) mass is 410 g/mol. The minimum atomic E-state index is -0.201. The summed E-state index contributed by atoms with van der Waals surface area (Å²) in [6.07, 6.45) is 0.834. The minimum Gasteiger partial charge on any atom is -0.336 e. The number of hydrogen-bond donors (Lipinski definition) is 1. The van der Waals surface area contributed by atoms with E-state index in [-0.39, 0.29) is 24.1 Å². The highest BCUT2D eigenvalue weighted by molar-refractivity contribution is 7.99. The molecule has 0 aliphatic rings. The van der Waals surface area contributed by atoms with Crippen molar-refractivity contribution in [3.8, 4) is 0 Å². The highest BCUT2D eigenvalue weighted by atomic mass is 32.2. The molecule has 0 saturated carbocycles. The number of fused-ring (bicyclic) bond motifs is 1. The van der Waals surface area contributed by atoms with Crippen LogP contribution in [0.2, 0.25) is 0 Å². The second-order valence-corrected chi connectivity index (χ2v) is 7.67. The van der Waals surface area contributed by atoms with Gasteiger partial charge in [0.2, 0.25) is 11.8 Å². The van der Waals surface area contributed by atoms with Crippen molar-refractivity contribution >= 4 is 40.3 Å². The lowest BCUT2D eigenvalue weighted by Crippen LogP contribution is -2.36. The molecule has 1 N–H and O–H groups in total. The first-order chi connectivity index (χ1) is 14.0. The summed E-state index contributed by atoms with van der Waals surface area (Å²) in [6.45, 7) is 4.90. The Balaban J connectivity index is 1.57. The predicted molar refractivity (Wildman–Crippen MR) is 118 cm³/mol. The van der Waals surface area contributed by atoms with Gasteiger partial charge < -0.3 is 14.8 Å². The maximum Gasteiger partial charge on any atom is 0.243 e. The van der Waals surface area contributed by atoms with Gasteiger partial charge in [-0.1, -0.05) is 49.0 Å². The zero-order chi connectivity index (χ0) is 20.8. The number of nitrogens with one attached hydrogen (secondary N) is 1. The van der Waals surface area contributed by atoms with Crippen molar-refractivity contribution in [2.75, 3.05) is 24.7 Å². The van der Waals surface area contributed by atoms with Gasteiger partial charge in [-0.3, -0.25) is 9.59 Å². The molecule has 0 aliphatic carbocycles. The molecule has 0 unspecified atom stereocenters. The summed E-state index contributed by atoms with van der Waals surface area (Å²) in [5, 5.41) is 3.72. The third-order valence-corrected chi connectivity index (χ3v) is 5.70. The van der Waals surface area contributed by atoms with E-state index in [0.29, 0.717) is 0 Å². The van der Waals surface area contributed by atoms with Gasteiger partial charge in [0.25, 0.3) is 0 Å². The Morgan fingerprint density at radius 1 is 1.10 bits per heavy atom. The first-order valence-electron chi connectivity index (χ1n) is 9.73. The van der Waals surface area contributed by atoms with Crippen LogP contribution in [0.25, 0.3) is 11.0 Å². The second-order valence-electron chi connectivity index (χ2n) is 6.72. The molecule has 0 spiro atoms. The predicted octanol–water partition coefficient (Wildman–Crippen LogP) is 3.81. The first-order valence-corrected chi connectivity index (χ1v) is 10.7. The van der Waals surface area contributed by atoms with E-state index < -0.39 is 0 Å². The number of benzene rings is 2. The maximum atomic E-state index is 12.5. The average molecular weight is 411 g/mol. The van der Waals surface area contributed by atoms with Crippen LogP contribution in [0.3, 0.4) is 0 Å². The zero-order valence-corrected chi connectivity index (χ0v) is 17.8. The van der Waals surface area contributed by atoms with Crippen molar-refractivity contribution in [1.29, 1.82) is 0 Å². The molecule has 152 valence electrons. The molecule has 1 aromatic heterocycles. The van der Waals surface area contributed by atoms with Gasteiger partial charge in [0.05, 0.1) is 23.3 Å². The van der Waals surface area contributed by atoms with E-state index in [1.54, 1.807) is 7.05 Å². The fourth-order valence-corrected chi connectivity index (χ4v) is 4.17. The number of aromatic nitrogens is 2. The molecule has 0 radical (unpaired) electrons. The number of rotatable bonds is 8. The molecular weight excluding hydrogens is 384 g/mol.